The van der Waals surface area contributed by atoms with E-state index in [1.165, 1.54) is 23.1 Å². The number of hydrogen-bond donors (Lipinski definition) is 1. The van der Waals surface area contributed by atoms with Crippen LogP contribution in [0.15, 0.2) is 72.6 Å². The van der Waals surface area contributed by atoms with Crippen LogP contribution in [0.3, 0.4) is 0 Å². The van der Waals surface area contributed by atoms with Gasteiger partial charge in [-0.2, -0.15) is 0 Å². The quantitative estimate of drug-likeness (QED) is 0.208. The molecule has 1 unspecified atom stereocenters. The van der Waals surface area contributed by atoms with Crippen LogP contribution in [0.4, 0.5) is 5.69 Å². The molecule has 4 rings (SSSR count). The van der Waals surface area contributed by atoms with Gasteiger partial charge in [0.05, 0.1) is 16.5 Å². The Kier molecular flexibility index (Phi) is 5.74. The monoisotopic (exact) mass is 443 g/mol. The summed E-state index contributed by atoms with van der Waals surface area (Å²) in [7, 11) is 0. The number of pyridine rings is 1. The van der Waals surface area contributed by atoms with E-state index in [1.54, 1.807) is 43.6 Å². The van der Waals surface area contributed by atoms with E-state index in [9.17, 15) is 24.8 Å². The summed E-state index contributed by atoms with van der Waals surface area (Å²) in [4.78, 5) is 42.5. The molecule has 1 N–H and O–H groups in total. The lowest BCUT2D eigenvalue weighted by molar-refractivity contribution is -0.384. The van der Waals surface area contributed by atoms with Crippen molar-refractivity contribution in [2.45, 2.75) is 26.4 Å². The molecule has 0 spiro atoms. The van der Waals surface area contributed by atoms with Gasteiger partial charge in [-0.25, -0.2) is 0 Å². The second kappa shape index (κ2) is 8.66. The Morgan fingerprint density at radius 1 is 1.12 bits per heavy atom. The SMILES string of the molecule is Cc1ccc(C)c(/C(O)=C2\C(=O)C(=O)N(Cc3cccnc3)C2c2cccc([N+](=O)[O-])c2)c1. The Morgan fingerprint density at radius 3 is 2.61 bits per heavy atom. The zero-order chi connectivity index (χ0) is 23.7. The van der Waals surface area contributed by atoms with E-state index in [4.69, 9.17) is 0 Å². The van der Waals surface area contributed by atoms with Gasteiger partial charge in [-0.3, -0.25) is 24.7 Å². The predicted octanol–water partition coefficient (Wildman–Crippen LogP) is 4.23. The fourth-order valence-corrected chi connectivity index (χ4v) is 4.02. The molecular weight excluding hydrogens is 422 g/mol. The lowest BCUT2D eigenvalue weighted by Crippen LogP contribution is -2.29. The number of ketones is 1. The van der Waals surface area contributed by atoms with E-state index in [-0.39, 0.29) is 23.6 Å². The summed E-state index contributed by atoms with van der Waals surface area (Å²) in [5.41, 5.74) is 2.81. The summed E-state index contributed by atoms with van der Waals surface area (Å²) < 4.78 is 0. The minimum atomic E-state index is -0.995. The van der Waals surface area contributed by atoms with Crippen molar-refractivity contribution in [2.75, 3.05) is 0 Å². The Labute approximate surface area is 190 Å². The van der Waals surface area contributed by atoms with Gasteiger partial charge in [0.25, 0.3) is 17.4 Å². The molecule has 1 aliphatic heterocycles. The number of aryl methyl sites for hydroxylation is 2. The average Bonchev–Trinajstić information content (AvgIpc) is 3.06. The molecule has 1 aromatic heterocycles. The summed E-state index contributed by atoms with van der Waals surface area (Å²) in [6.07, 6.45) is 3.17. The molecule has 8 nitrogen and oxygen atoms in total. The van der Waals surface area contributed by atoms with Gasteiger partial charge in [0.1, 0.15) is 5.76 Å². The summed E-state index contributed by atoms with van der Waals surface area (Å²) in [5.74, 6) is -1.93. The van der Waals surface area contributed by atoms with Gasteiger partial charge >= 0.3 is 0 Å². The number of benzene rings is 2. The topological polar surface area (TPSA) is 114 Å². The number of nitro benzene ring substituents is 1. The second-order valence-electron chi connectivity index (χ2n) is 7.96. The highest BCUT2D eigenvalue weighted by Crippen LogP contribution is 2.41. The van der Waals surface area contributed by atoms with Gasteiger partial charge < -0.3 is 10.0 Å². The van der Waals surface area contributed by atoms with Gasteiger partial charge in [0.2, 0.25) is 0 Å². The van der Waals surface area contributed by atoms with Crippen molar-refractivity contribution in [3.63, 3.8) is 0 Å². The zero-order valence-corrected chi connectivity index (χ0v) is 18.1. The summed E-state index contributed by atoms with van der Waals surface area (Å²) in [6.45, 7) is 3.70. The van der Waals surface area contributed by atoms with Crippen LogP contribution in [0, 0.1) is 24.0 Å². The fourth-order valence-electron chi connectivity index (χ4n) is 4.02. The molecule has 1 fully saturated rings. The van der Waals surface area contributed by atoms with Crippen LogP contribution in [0.5, 0.6) is 0 Å². The first-order valence-electron chi connectivity index (χ1n) is 10.3. The lowest BCUT2D eigenvalue weighted by Gasteiger charge is -2.25. The molecule has 0 aliphatic carbocycles. The molecule has 33 heavy (non-hydrogen) atoms. The van der Waals surface area contributed by atoms with Crippen LogP contribution >= 0.6 is 0 Å². The van der Waals surface area contributed by atoms with Gasteiger partial charge in [-0.05, 0) is 42.7 Å². The summed E-state index contributed by atoms with van der Waals surface area (Å²) in [6, 6.07) is 13.7. The first-order valence-corrected chi connectivity index (χ1v) is 10.3. The number of rotatable bonds is 5. The van der Waals surface area contributed by atoms with Crippen LogP contribution in [0.1, 0.15) is 33.9 Å². The van der Waals surface area contributed by atoms with E-state index in [0.717, 1.165) is 11.1 Å². The number of non-ortho nitro benzene ring substituents is 1. The first kappa shape index (κ1) is 21.9. The second-order valence-corrected chi connectivity index (χ2v) is 7.96. The number of likely N-dealkylation sites (tertiary alicyclic amines) is 1. The van der Waals surface area contributed by atoms with Crippen LogP contribution in [-0.2, 0) is 16.1 Å². The van der Waals surface area contributed by atoms with Crippen molar-refractivity contribution < 1.29 is 19.6 Å². The molecule has 1 amide bonds. The van der Waals surface area contributed by atoms with E-state index in [2.05, 4.69) is 4.98 Å². The third-order valence-electron chi connectivity index (χ3n) is 5.66. The smallest absolute Gasteiger partial charge is 0.295 e. The number of amides is 1. The maximum atomic E-state index is 13.2. The van der Waals surface area contributed by atoms with Crippen LogP contribution in [-0.4, -0.2) is 31.6 Å². The van der Waals surface area contributed by atoms with Crippen molar-refractivity contribution in [3.05, 3.63) is 110 Å². The van der Waals surface area contributed by atoms with E-state index in [1.807, 2.05) is 19.1 Å². The number of hydrogen-bond acceptors (Lipinski definition) is 6. The van der Waals surface area contributed by atoms with E-state index < -0.39 is 22.7 Å². The molecule has 1 atom stereocenters. The van der Waals surface area contributed by atoms with Crippen molar-refractivity contribution in [1.29, 1.82) is 0 Å². The predicted molar refractivity (Wildman–Crippen MR) is 121 cm³/mol. The maximum Gasteiger partial charge on any atom is 0.295 e. The highest BCUT2D eigenvalue weighted by molar-refractivity contribution is 6.46. The molecule has 0 saturated carbocycles. The average molecular weight is 443 g/mol. The number of Topliss-reactive ketones (excluding diaryl/α,β-unsaturated/α-hetero) is 1. The van der Waals surface area contributed by atoms with Gasteiger partial charge in [0.15, 0.2) is 0 Å². The van der Waals surface area contributed by atoms with Gasteiger partial charge in [0, 0.05) is 36.6 Å². The Bertz CT molecular complexity index is 1300. The van der Waals surface area contributed by atoms with Gasteiger partial charge in [-0.1, -0.05) is 35.9 Å². The molecule has 2 heterocycles. The summed E-state index contributed by atoms with van der Waals surface area (Å²) >= 11 is 0. The molecule has 166 valence electrons. The first-order chi connectivity index (χ1) is 15.8. The number of carbonyl (C=O) groups excluding carboxylic acids is 2. The number of carbonyl (C=O) groups is 2. The number of aliphatic hydroxyl groups excluding tert-OH is 1. The van der Waals surface area contributed by atoms with Crippen LogP contribution < -0.4 is 0 Å². The molecule has 0 radical (unpaired) electrons. The van der Waals surface area contributed by atoms with Crippen LogP contribution in [0.25, 0.3) is 5.76 Å². The fraction of sp³-hybridized carbons (Fsp3) is 0.160. The van der Waals surface area contributed by atoms with E-state index >= 15 is 0 Å². The van der Waals surface area contributed by atoms with Crippen molar-refractivity contribution >= 4 is 23.1 Å². The van der Waals surface area contributed by atoms with Crippen LogP contribution in [0.2, 0.25) is 0 Å². The zero-order valence-electron chi connectivity index (χ0n) is 18.1. The Morgan fingerprint density at radius 2 is 1.91 bits per heavy atom. The summed E-state index contributed by atoms with van der Waals surface area (Å²) in [5, 5.41) is 22.6. The van der Waals surface area contributed by atoms with Crippen molar-refractivity contribution in [3.8, 4) is 0 Å². The molecule has 1 saturated heterocycles. The standard InChI is InChI=1S/C25H21N3O5/c1-15-8-9-16(2)20(11-15)23(29)21-22(18-6-3-7-19(12-18)28(32)33)27(25(31)24(21)30)14-17-5-4-10-26-13-17/h3-13,22,29H,14H2,1-2H3/b23-21+. The minimum absolute atomic E-state index is 0.0509. The molecule has 0 bridgehead atoms. The normalized spacial score (nSPS) is 17.4. The third kappa shape index (κ3) is 4.10. The van der Waals surface area contributed by atoms with E-state index in [0.29, 0.717) is 16.7 Å². The molecule has 8 heteroatoms. The molecule has 2 aromatic carbocycles. The number of aliphatic hydroxyl groups is 1. The highest BCUT2D eigenvalue weighted by atomic mass is 16.6. The highest BCUT2D eigenvalue weighted by Gasteiger charge is 2.46. The number of nitrogens with zero attached hydrogens (tertiary/aromatic N) is 3. The molecular formula is C25H21N3O5. The largest absolute Gasteiger partial charge is 0.507 e. The minimum Gasteiger partial charge on any atom is -0.507 e. The maximum absolute atomic E-state index is 13.2. The Balaban J connectivity index is 1.93. The lowest BCUT2D eigenvalue weighted by atomic mass is 9.93. The third-order valence-corrected chi connectivity index (χ3v) is 5.66. The van der Waals surface area contributed by atoms with Crippen molar-refractivity contribution in [1.82, 2.24) is 9.88 Å². The number of nitro groups is 1. The molecule has 1 aliphatic rings. The molecule has 3 aromatic rings. The Hall–Kier alpha value is -4.33. The number of aromatic nitrogens is 1. The van der Waals surface area contributed by atoms with Crippen molar-refractivity contribution in [2.24, 2.45) is 0 Å². The van der Waals surface area contributed by atoms with Gasteiger partial charge in [-0.15, -0.1) is 0 Å².